The molecule has 2 aromatic carbocycles. The Labute approximate surface area is 142 Å². The van der Waals surface area contributed by atoms with Gasteiger partial charge < -0.3 is 14.2 Å². The second kappa shape index (κ2) is 8.89. The van der Waals surface area contributed by atoms with Gasteiger partial charge in [-0.05, 0) is 43.5 Å². The lowest BCUT2D eigenvalue weighted by Gasteiger charge is -2.10. The first-order valence-corrected chi connectivity index (χ1v) is 7.75. The van der Waals surface area contributed by atoms with Gasteiger partial charge in [-0.1, -0.05) is 42.0 Å². The van der Waals surface area contributed by atoms with E-state index in [0.717, 1.165) is 22.4 Å². The predicted molar refractivity (Wildman–Crippen MR) is 93.3 cm³/mol. The fourth-order valence-corrected chi connectivity index (χ4v) is 2.23. The highest BCUT2D eigenvalue weighted by atomic mass is 16.7. The minimum Gasteiger partial charge on any atom is -0.467 e. The van der Waals surface area contributed by atoms with Crippen molar-refractivity contribution in [2.75, 3.05) is 13.9 Å². The number of carbonyl (C=O) groups is 1. The van der Waals surface area contributed by atoms with Gasteiger partial charge >= 0.3 is 5.97 Å². The van der Waals surface area contributed by atoms with Gasteiger partial charge in [-0.15, -0.1) is 0 Å². The van der Waals surface area contributed by atoms with Crippen LogP contribution < -0.4 is 9.47 Å². The van der Waals surface area contributed by atoms with Crippen molar-refractivity contribution in [1.29, 1.82) is 0 Å². The molecule has 0 N–H and O–H groups in total. The number of aryl methyl sites for hydroxylation is 2. The first-order valence-electron chi connectivity index (χ1n) is 7.75. The van der Waals surface area contributed by atoms with Crippen molar-refractivity contribution in [3.63, 3.8) is 0 Å². The molecule has 0 radical (unpaired) electrons. The Bertz CT molecular complexity index is 719. The van der Waals surface area contributed by atoms with Crippen LogP contribution in [0.25, 0.3) is 0 Å². The number of allylic oxidation sites excluding steroid dienone is 1. The third-order valence-corrected chi connectivity index (χ3v) is 3.44. The zero-order chi connectivity index (χ0) is 17.4. The highest BCUT2D eigenvalue weighted by Crippen LogP contribution is 2.21. The predicted octanol–water partition coefficient (Wildman–Crippen LogP) is 3.99. The van der Waals surface area contributed by atoms with Gasteiger partial charge in [0.05, 0.1) is 0 Å². The summed E-state index contributed by atoms with van der Waals surface area (Å²) in [4.78, 5) is 11.9. The van der Waals surface area contributed by atoms with E-state index in [1.165, 1.54) is 6.08 Å². The summed E-state index contributed by atoms with van der Waals surface area (Å²) in [6.07, 6.45) is 3.79. The van der Waals surface area contributed by atoms with Crippen LogP contribution in [-0.2, 0) is 16.0 Å². The molecule has 2 aromatic rings. The lowest BCUT2D eigenvalue weighted by molar-refractivity contribution is -0.129. The van der Waals surface area contributed by atoms with Crippen LogP contribution in [0.3, 0.4) is 0 Å². The second-order valence-electron chi connectivity index (χ2n) is 5.46. The zero-order valence-corrected chi connectivity index (χ0v) is 14.2. The smallest absolute Gasteiger partial charge is 0.335 e. The van der Waals surface area contributed by atoms with Crippen LogP contribution in [0.2, 0.25) is 0 Å². The molecular formula is C20H22O4. The number of para-hydroxylation sites is 1. The first-order chi connectivity index (χ1) is 11.6. The Morgan fingerprint density at radius 1 is 1.08 bits per heavy atom. The quantitative estimate of drug-likeness (QED) is 0.334. The molecule has 0 fully saturated rings. The Balaban J connectivity index is 1.99. The molecule has 2 rings (SSSR count). The molecule has 0 saturated carbocycles. The molecule has 0 aromatic heterocycles. The number of carbonyl (C=O) groups excluding carboxylic acids is 1. The number of benzene rings is 2. The molecule has 0 bridgehead atoms. The van der Waals surface area contributed by atoms with E-state index in [0.29, 0.717) is 12.2 Å². The van der Waals surface area contributed by atoms with Crippen molar-refractivity contribution in [3.8, 4) is 11.5 Å². The van der Waals surface area contributed by atoms with Gasteiger partial charge in [-0.2, -0.15) is 0 Å². The monoisotopic (exact) mass is 326 g/mol. The second-order valence-corrected chi connectivity index (χ2v) is 5.46. The van der Waals surface area contributed by atoms with Crippen molar-refractivity contribution in [3.05, 3.63) is 71.3 Å². The van der Waals surface area contributed by atoms with Crippen LogP contribution in [0.4, 0.5) is 0 Å². The SMILES string of the molecule is COCOc1ccc(C)cc1CC=CC(=O)Oc1ccccc1C. The average Bonchev–Trinajstić information content (AvgIpc) is 2.56. The Morgan fingerprint density at radius 3 is 2.62 bits per heavy atom. The number of hydrogen-bond donors (Lipinski definition) is 0. The molecule has 126 valence electrons. The normalized spacial score (nSPS) is 10.8. The number of esters is 1. The molecule has 0 aliphatic rings. The van der Waals surface area contributed by atoms with Crippen LogP contribution in [0.5, 0.6) is 11.5 Å². The van der Waals surface area contributed by atoms with Gasteiger partial charge in [0.25, 0.3) is 0 Å². The average molecular weight is 326 g/mol. The molecule has 0 unspecified atom stereocenters. The number of hydrogen-bond acceptors (Lipinski definition) is 4. The summed E-state index contributed by atoms with van der Waals surface area (Å²) in [5.41, 5.74) is 3.05. The van der Waals surface area contributed by atoms with Crippen LogP contribution in [-0.4, -0.2) is 19.9 Å². The molecule has 4 heteroatoms. The maximum absolute atomic E-state index is 11.9. The minimum absolute atomic E-state index is 0.190. The summed E-state index contributed by atoms with van der Waals surface area (Å²) in [5.74, 6) is 0.933. The summed E-state index contributed by atoms with van der Waals surface area (Å²) in [5, 5.41) is 0. The van der Waals surface area contributed by atoms with E-state index >= 15 is 0 Å². The van der Waals surface area contributed by atoms with E-state index in [2.05, 4.69) is 0 Å². The van der Waals surface area contributed by atoms with Gasteiger partial charge in [0.15, 0.2) is 6.79 Å². The third-order valence-electron chi connectivity index (χ3n) is 3.44. The van der Waals surface area contributed by atoms with Gasteiger partial charge in [0, 0.05) is 13.2 Å². The molecular weight excluding hydrogens is 304 g/mol. The summed E-state index contributed by atoms with van der Waals surface area (Å²) < 4.78 is 15.8. The van der Waals surface area contributed by atoms with Crippen LogP contribution in [0.15, 0.2) is 54.6 Å². The molecule has 0 saturated heterocycles. The molecule has 4 nitrogen and oxygen atoms in total. The maximum Gasteiger partial charge on any atom is 0.335 e. The van der Waals surface area contributed by atoms with E-state index in [-0.39, 0.29) is 6.79 Å². The fourth-order valence-electron chi connectivity index (χ4n) is 2.23. The third kappa shape index (κ3) is 5.25. The van der Waals surface area contributed by atoms with E-state index in [9.17, 15) is 4.79 Å². The zero-order valence-electron chi connectivity index (χ0n) is 14.2. The Morgan fingerprint density at radius 2 is 1.88 bits per heavy atom. The van der Waals surface area contributed by atoms with Crippen LogP contribution >= 0.6 is 0 Å². The molecule has 0 aliphatic carbocycles. The van der Waals surface area contributed by atoms with Crippen LogP contribution in [0.1, 0.15) is 16.7 Å². The van der Waals surface area contributed by atoms with Crippen molar-refractivity contribution in [2.45, 2.75) is 20.3 Å². The van der Waals surface area contributed by atoms with Crippen molar-refractivity contribution in [2.24, 2.45) is 0 Å². The lowest BCUT2D eigenvalue weighted by atomic mass is 10.1. The molecule has 0 heterocycles. The van der Waals surface area contributed by atoms with Crippen molar-refractivity contribution in [1.82, 2.24) is 0 Å². The summed E-state index contributed by atoms with van der Waals surface area (Å²) >= 11 is 0. The molecule has 24 heavy (non-hydrogen) atoms. The van der Waals surface area contributed by atoms with Gasteiger partial charge in [-0.25, -0.2) is 4.79 Å². The van der Waals surface area contributed by atoms with Gasteiger partial charge in [0.1, 0.15) is 11.5 Å². The minimum atomic E-state index is -0.392. The van der Waals surface area contributed by atoms with Crippen molar-refractivity contribution >= 4 is 5.97 Å². The highest BCUT2D eigenvalue weighted by Gasteiger charge is 2.05. The summed E-state index contributed by atoms with van der Waals surface area (Å²) in [6, 6.07) is 13.3. The van der Waals surface area contributed by atoms with Gasteiger partial charge in [-0.3, -0.25) is 0 Å². The molecule has 0 aliphatic heterocycles. The Kier molecular flexibility index (Phi) is 6.58. The highest BCUT2D eigenvalue weighted by molar-refractivity contribution is 5.84. The van der Waals surface area contributed by atoms with Gasteiger partial charge in [0.2, 0.25) is 0 Å². The summed E-state index contributed by atoms with van der Waals surface area (Å²) in [7, 11) is 1.58. The first kappa shape index (κ1) is 17.8. The van der Waals surface area contributed by atoms with Crippen LogP contribution in [0, 0.1) is 13.8 Å². The van der Waals surface area contributed by atoms with E-state index < -0.39 is 5.97 Å². The van der Waals surface area contributed by atoms with E-state index in [1.807, 2.05) is 50.2 Å². The van der Waals surface area contributed by atoms with Crippen molar-refractivity contribution < 1.29 is 19.0 Å². The Hall–Kier alpha value is -2.59. The van der Waals surface area contributed by atoms with E-state index in [4.69, 9.17) is 14.2 Å². The lowest BCUT2D eigenvalue weighted by Crippen LogP contribution is -2.05. The number of rotatable bonds is 7. The molecule has 0 amide bonds. The largest absolute Gasteiger partial charge is 0.467 e. The molecule has 0 spiro atoms. The molecule has 0 atom stereocenters. The topological polar surface area (TPSA) is 44.8 Å². The number of ether oxygens (including phenoxy) is 3. The van der Waals surface area contributed by atoms with E-state index in [1.54, 1.807) is 19.3 Å². The fraction of sp³-hybridized carbons (Fsp3) is 0.250. The number of methoxy groups -OCH3 is 1. The summed E-state index contributed by atoms with van der Waals surface area (Å²) in [6.45, 7) is 4.10. The standard InChI is InChI=1S/C20H22O4/c1-15-11-12-19(23-14-22-3)17(13-15)8-6-10-20(21)24-18-9-5-4-7-16(18)2/h4-7,9-13H,8,14H2,1-3H3. The maximum atomic E-state index is 11.9.